The predicted molar refractivity (Wildman–Crippen MR) is 77.9 cm³/mol. The second-order valence-electron chi connectivity index (χ2n) is 4.62. The zero-order chi connectivity index (χ0) is 13.9. The molecular formula is C14H14ClFN4. The van der Waals surface area contributed by atoms with Crippen LogP contribution in [0, 0.1) is 5.82 Å². The lowest BCUT2D eigenvalue weighted by atomic mass is 10.2. The number of benzene rings is 1. The van der Waals surface area contributed by atoms with Gasteiger partial charge in [0.25, 0.3) is 0 Å². The van der Waals surface area contributed by atoms with Gasteiger partial charge in [-0.15, -0.1) is 0 Å². The highest BCUT2D eigenvalue weighted by Gasteiger charge is 2.21. The smallest absolute Gasteiger partial charge is 0.150 e. The lowest BCUT2D eigenvalue weighted by Crippen LogP contribution is -2.47. The third kappa shape index (κ3) is 2.54. The van der Waals surface area contributed by atoms with Crippen LogP contribution < -0.4 is 9.80 Å². The van der Waals surface area contributed by atoms with Crippen LogP contribution in [0.3, 0.4) is 0 Å². The second-order valence-corrected chi connectivity index (χ2v) is 5.03. The van der Waals surface area contributed by atoms with E-state index in [0.29, 0.717) is 10.7 Å². The number of anilines is 2. The maximum absolute atomic E-state index is 13.8. The number of nitrogens with zero attached hydrogens (tertiary/aromatic N) is 4. The van der Waals surface area contributed by atoms with Gasteiger partial charge in [0.15, 0.2) is 5.82 Å². The van der Waals surface area contributed by atoms with Gasteiger partial charge >= 0.3 is 0 Å². The van der Waals surface area contributed by atoms with E-state index in [-0.39, 0.29) is 5.82 Å². The van der Waals surface area contributed by atoms with Gasteiger partial charge in [-0.1, -0.05) is 23.7 Å². The zero-order valence-corrected chi connectivity index (χ0v) is 11.6. The number of rotatable bonds is 2. The molecule has 0 bridgehead atoms. The van der Waals surface area contributed by atoms with E-state index < -0.39 is 0 Å². The van der Waals surface area contributed by atoms with Crippen molar-refractivity contribution < 1.29 is 4.39 Å². The lowest BCUT2D eigenvalue weighted by Gasteiger charge is -2.37. The average molecular weight is 293 g/mol. The minimum Gasteiger partial charge on any atom is -0.366 e. The van der Waals surface area contributed by atoms with Gasteiger partial charge < -0.3 is 9.80 Å². The van der Waals surface area contributed by atoms with Crippen molar-refractivity contribution in [3.05, 3.63) is 47.6 Å². The molecule has 0 amide bonds. The summed E-state index contributed by atoms with van der Waals surface area (Å²) < 4.78 is 13.8. The fourth-order valence-electron chi connectivity index (χ4n) is 2.41. The molecule has 3 rings (SSSR count). The predicted octanol–water partition coefficient (Wildman–Crippen LogP) is 2.60. The fourth-order valence-corrected chi connectivity index (χ4v) is 2.63. The number of piperazine rings is 1. The molecule has 1 saturated heterocycles. The molecule has 1 aromatic heterocycles. The zero-order valence-electron chi connectivity index (χ0n) is 10.8. The van der Waals surface area contributed by atoms with E-state index in [0.717, 1.165) is 32.0 Å². The van der Waals surface area contributed by atoms with Gasteiger partial charge in [0, 0.05) is 26.2 Å². The van der Waals surface area contributed by atoms with Crippen LogP contribution in [-0.4, -0.2) is 36.1 Å². The highest BCUT2D eigenvalue weighted by molar-refractivity contribution is 6.32. The first-order chi connectivity index (χ1) is 9.75. The van der Waals surface area contributed by atoms with E-state index in [1.807, 2.05) is 17.0 Å². The molecule has 0 saturated carbocycles. The first kappa shape index (κ1) is 13.1. The summed E-state index contributed by atoms with van der Waals surface area (Å²) in [5.41, 5.74) is 0.654. The molecule has 4 nitrogen and oxygen atoms in total. The minimum absolute atomic E-state index is 0.180. The maximum atomic E-state index is 13.8. The van der Waals surface area contributed by atoms with Gasteiger partial charge in [-0.25, -0.2) is 14.4 Å². The summed E-state index contributed by atoms with van der Waals surface area (Å²) in [6.45, 7) is 2.98. The van der Waals surface area contributed by atoms with Gasteiger partial charge in [-0.2, -0.15) is 0 Å². The molecule has 0 N–H and O–H groups in total. The molecule has 1 aliphatic rings. The van der Waals surface area contributed by atoms with Gasteiger partial charge in [-0.05, 0) is 12.1 Å². The largest absolute Gasteiger partial charge is 0.366 e. The summed E-state index contributed by atoms with van der Waals surface area (Å²) in [5, 5.41) is 0.548. The molecule has 2 aromatic rings. The Morgan fingerprint density at radius 3 is 2.45 bits per heavy atom. The average Bonchev–Trinajstić information content (AvgIpc) is 2.49. The highest BCUT2D eigenvalue weighted by atomic mass is 35.5. The normalized spacial score (nSPS) is 15.5. The van der Waals surface area contributed by atoms with Crippen LogP contribution in [0.2, 0.25) is 5.02 Å². The third-order valence-corrected chi connectivity index (χ3v) is 3.69. The van der Waals surface area contributed by atoms with Crippen molar-refractivity contribution in [1.82, 2.24) is 9.97 Å². The quantitative estimate of drug-likeness (QED) is 0.852. The molecule has 1 aliphatic heterocycles. The van der Waals surface area contributed by atoms with E-state index >= 15 is 0 Å². The summed E-state index contributed by atoms with van der Waals surface area (Å²) in [6, 6.07) is 6.85. The van der Waals surface area contributed by atoms with Crippen molar-refractivity contribution in [1.29, 1.82) is 0 Å². The Labute approximate surface area is 121 Å². The van der Waals surface area contributed by atoms with Crippen LogP contribution >= 0.6 is 11.6 Å². The van der Waals surface area contributed by atoms with Crippen molar-refractivity contribution in [2.45, 2.75) is 0 Å². The minimum atomic E-state index is -0.180. The first-order valence-corrected chi connectivity index (χ1v) is 6.83. The van der Waals surface area contributed by atoms with E-state index in [9.17, 15) is 4.39 Å². The fraction of sp³-hybridized carbons (Fsp3) is 0.286. The molecule has 104 valence electrons. The summed E-state index contributed by atoms with van der Waals surface area (Å²) in [5.74, 6) is 0.566. The van der Waals surface area contributed by atoms with E-state index in [1.165, 1.54) is 12.4 Å². The summed E-state index contributed by atoms with van der Waals surface area (Å²) in [6.07, 6.45) is 3.08. The molecule has 0 unspecified atom stereocenters. The van der Waals surface area contributed by atoms with E-state index in [1.54, 1.807) is 12.3 Å². The molecular weight excluding hydrogens is 279 g/mol. The number of para-hydroxylation sites is 1. The van der Waals surface area contributed by atoms with Crippen molar-refractivity contribution >= 4 is 23.1 Å². The van der Waals surface area contributed by atoms with Gasteiger partial charge in [0.1, 0.15) is 17.2 Å². The van der Waals surface area contributed by atoms with Crippen LogP contribution in [0.4, 0.5) is 15.9 Å². The summed E-state index contributed by atoms with van der Waals surface area (Å²) in [7, 11) is 0. The van der Waals surface area contributed by atoms with Crippen molar-refractivity contribution in [3.63, 3.8) is 0 Å². The molecule has 20 heavy (non-hydrogen) atoms. The van der Waals surface area contributed by atoms with Crippen LogP contribution in [0.25, 0.3) is 0 Å². The van der Waals surface area contributed by atoms with Crippen LogP contribution in [-0.2, 0) is 0 Å². The molecule has 0 radical (unpaired) electrons. The number of hydrogen-bond acceptors (Lipinski definition) is 4. The molecule has 1 aromatic carbocycles. The van der Waals surface area contributed by atoms with E-state index in [2.05, 4.69) is 14.9 Å². The SMILES string of the molecule is Fc1ccccc1N1CCN(c2ncncc2Cl)CC1. The number of hydrogen-bond donors (Lipinski definition) is 0. The Bertz CT molecular complexity index is 546. The first-order valence-electron chi connectivity index (χ1n) is 6.45. The van der Waals surface area contributed by atoms with Crippen LogP contribution in [0.5, 0.6) is 0 Å². The van der Waals surface area contributed by atoms with Crippen molar-refractivity contribution in [2.24, 2.45) is 0 Å². The van der Waals surface area contributed by atoms with E-state index in [4.69, 9.17) is 11.6 Å². The Balaban J connectivity index is 1.72. The molecule has 2 heterocycles. The Morgan fingerprint density at radius 2 is 1.75 bits per heavy atom. The van der Waals surface area contributed by atoms with Crippen LogP contribution in [0.15, 0.2) is 36.8 Å². The van der Waals surface area contributed by atoms with Crippen molar-refractivity contribution in [2.75, 3.05) is 36.0 Å². The molecule has 6 heteroatoms. The van der Waals surface area contributed by atoms with Gasteiger partial charge in [0.05, 0.1) is 11.9 Å². The van der Waals surface area contributed by atoms with Crippen molar-refractivity contribution in [3.8, 4) is 0 Å². The summed E-state index contributed by atoms with van der Waals surface area (Å²) in [4.78, 5) is 12.2. The molecule has 0 atom stereocenters. The Morgan fingerprint density at radius 1 is 1.05 bits per heavy atom. The number of halogens is 2. The lowest BCUT2D eigenvalue weighted by molar-refractivity contribution is 0.596. The topological polar surface area (TPSA) is 32.3 Å². The van der Waals surface area contributed by atoms with Gasteiger partial charge in [-0.3, -0.25) is 0 Å². The standard InChI is InChI=1S/C14H14ClFN4/c15-11-9-17-10-18-14(11)20-7-5-19(6-8-20)13-4-2-1-3-12(13)16/h1-4,9-10H,5-8H2. The molecule has 0 aliphatic carbocycles. The monoisotopic (exact) mass is 292 g/mol. The highest BCUT2D eigenvalue weighted by Crippen LogP contribution is 2.25. The third-order valence-electron chi connectivity index (χ3n) is 3.42. The maximum Gasteiger partial charge on any atom is 0.150 e. The molecule has 0 spiro atoms. The van der Waals surface area contributed by atoms with Crippen LogP contribution in [0.1, 0.15) is 0 Å². The Hall–Kier alpha value is -1.88. The van der Waals surface area contributed by atoms with Gasteiger partial charge in [0.2, 0.25) is 0 Å². The Kier molecular flexibility index (Phi) is 3.69. The summed E-state index contributed by atoms with van der Waals surface area (Å²) >= 11 is 6.10. The number of aromatic nitrogens is 2. The molecule has 1 fully saturated rings. The second kappa shape index (κ2) is 5.63.